The lowest BCUT2D eigenvalue weighted by atomic mass is 9.98. The highest BCUT2D eigenvalue weighted by Gasteiger charge is 2.43. The minimum atomic E-state index is -0.790. The number of alkyl carbamates (subject to hydrolysis) is 1. The van der Waals surface area contributed by atoms with Gasteiger partial charge in [-0.1, -0.05) is 55.5 Å². The van der Waals surface area contributed by atoms with Crippen LogP contribution in [0.3, 0.4) is 0 Å². The Morgan fingerprint density at radius 2 is 1.67 bits per heavy atom. The van der Waals surface area contributed by atoms with Crippen LogP contribution in [0.15, 0.2) is 48.5 Å². The number of carbonyl (C=O) groups is 3. The van der Waals surface area contributed by atoms with Gasteiger partial charge in [0.25, 0.3) is 0 Å². The largest absolute Gasteiger partial charge is 0.481 e. The number of amides is 2. The second-order valence-electron chi connectivity index (χ2n) is 9.09. The monoisotopic (exact) mass is 450 g/mol. The summed E-state index contributed by atoms with van der Waals surface area (Å²) in [5, 5.41) is 14.5. The van der Waals surface area contributed by atoms with E-state index in [2.05, 4.69) is 34.9 Å². The maximum Gasteiger partial charge on any atom is 0.407 e. The van der Waals surface area contributed by atoms with Crippen LogP contribution in [-0.4, -0.2) is 42.8 Å². The van der Waals surface area contributed by atoms with Crippen LogP contribution in [0.25, 0.3) is 11.1 Å². The molecule has 2 amide bonds. The molecule has 0 aromatic heterocycles. The van der Waals surface area contributed by atoms with E-state index in [-0.39, 0.29) is 36.2 Å². The Kier molecular flexibility index (Phi) is 6.96. The number of carboxylic acid groups (broad SMARTS) is 1. The first kappa shape index (κ1) is 22.8. The Bertz CT molecular complexity index is 991. The minimum absolute atomic E-state index is 0.0259. The first-order chi connectivity index (χ1) is 15.9. The summed E-state index contributed by atoms with van der Waals surface area (Å²) >= 11 is 0. The second-order valence-corrected chi connectivity index (χ2v) is 9.09. The molecule has 3 N–H and O–H groups in total. The fourth-order valence-corrected chi connectivity index (χ4v) is 4.58. The normalized spacial score (nSPS) is 19.2. The highest BCUT2D eigenvalue weighted by Crippen LogP contribution is 2.44. The van der Waals surface area contributed by atoms with Gasteiger partial charge < -0.3 is 20.5 Å². The number of carboxylic acids is 1. The van der Waals surface area contributed by atoms with E-state index in [1.54, 1.807) is 0 Å². The van der Waals surface area contributed by atoms with Gasteiger partial charge in [-0.25, -0.2) is 4.79 Å². The summed E-state index contributed by atoms with van der Waals surface area (Å²) in [6.45, 7) is 3.07. The van der Waals surface area contributed by atoms with Crippen molar-refractivity contribution < 1.29 is 24.2 Å². The molecule has 3 unspecified atom stereocenters. The molecule has 0 spiro atoms. The summed E-state index contributed by atoms with van der Waals surface area (Å²) in [4.78, 5) is 35.1. The standard InChI is InChI=1S/C26H30N2O5/c1-16(12-24(29)28-14-17-13-22(17)25(30)31)10-11-27-26(32)33-15-23-20-8-4-2-6-18(20)19-7-3-5-9-21(19)23/h2-9,16-17,22-23H,10-15H2,1H3,(H,27,32)(H,28,29)(H,30,31). The van der Waals surface area contributed by atoms with Crippen LogP contribution < -0.4 is 10.6 Å². The molecule has 2 aliphatic rings. The number of benzene rings is 2. The number of aliphatic carboxylic acids is 1. The molecule has 4 rings (SSSR count). The molecule has 0 heterocycles. The quantitative estimate of drug-likeness (QED) is 0.511. The number of fused-ring (bicyclic) bond motifs is 3. The van der Waals surface area contributed by atoms with Crippen molar-refractivity contribution in [3.8, 4) is 11.1 Å². The molecule has 2 aliphatic carbocycles. The van der Waals surface area contributed by atoms with Crippen LogP contribution in [-0.2, 0) is 14.3 Å². The van der Waals surface area contributed by atoms with Crippen molar-refractivity contribution in [1.29, 1.82) is 0 Å². The fourth-order valence-electron chi connectivity index (χ4n) is 4.58. The molecule has 2 aromatic carbocycles. The summed E-state index contributed by atoms with van der Waals surface area (Å²) in [7, 11) is 0. The fraction of sp³-hybridized carbons (Fsp3) is 0.423. The van der Waals surface area contributed by atoms with Crippen LogP contribution in [0, 0.1) is 17.8 Å². The molecule has 1 saturated carbocycles. The van der Waals surface area contributed by atoms with Crippen LogP contribution in [0.2, 0.25) is 0 Å². The first-order valence-corrected chi connectivity index (χ1v) is 11.5. The minimum Gasteiger partial charge on any atom is -0.481 e. The number of rotatable bonds is 10. The number of carbonyl (C=O) groups excluding carboxylic acids is 2. The first-order valence-electron chi connectivity index (χ1n) is 11.5. The highest BCUT2D eigenvalue weighted by atomic mass is 16.5. The highest BCUT2D eigenvalue weighted by molar-refractivity contribution is 5.79. The number of nitrogens with one attached hydrogen (secondary N) is 2. The van der Waals surface area contributed by atoms with Crippen molar-refractivity contribution in [2.24, 2.45) is 17.8 Å². The van der Waals surface area contributed by atoms with Crippen molar-refractivity contribution in [2.75, 3.05) is 19.7 Å². The summed E-state index contributed by atoms with van der Waals surface area (Å²) in [6, 6.07) is 16.4. The van der Waals surface area contributed by atoms with E-state index in [1.165, 1.54) is 22.3 Å². The molecule has 0 saturated heterocycles. The molecule has 0 radical (unpaired) electrons. The lowest BCUT2D eigenvalue weighted by Crippen LogP contribution is -2.30. The van der Waals surface area contributed by atoms with E-state index < -0.39 is 12.1 Å². The smallest absolute Gasteiger partial charge is 0.407 e. The van der Waals surface area contributed by atoms with Crippen molar-refractivity contribution in [3.05, 3.63) is 59.7 Å². The third-order valence-corrected chi connectivity index (χ3v) is 6.59. The van der Waals surface area contributed by atoms with E-state index in [1.807, 2.05) is 31.2 Å². The van der Waals surface area contributed by atoms with Gasteiger partial charge in [0.2, 0.25) is 5.91 Å². The summed E-state index contributed by atoms with van der Waals surface area (Å²) in [5.74, 6) is -1.02. The molecule has 33 heavy (non-hydrogen) atoms. The lowest BCUT2D eigenvalue weighted by molar-refractivity contribution is -0.139. The third-order valence-electron chi connectivity index (χ3n) is 6.59. The van der Waals surface area contributed by atoms with Crippen LogP contribution in [0.5, 0.6) is 0 Å². The van der Waals surface area contributed by atoms with E-state index in [0.717, 1.165) is 0 Å². The number of ether oxygens (including phenoxy) is 1. The Morgan fingerprint density at radius 3 is 2.27 bits per heavy atom. The van der Waals surface area contributed by atoms with Crippen molar-refractivity contribution in [2.45, 2.75) is 32.1 Å². The summed E-state index contributed by atoms with van der Waals surface area (Å²) in [5.41, 5.74) is 4.72. The van der Waals surface area contributed by atoms with Gasteiger partial charge in [0.1, 0.15) is 6.61 Å². The zero-order valence-electron chi connectivity index (χ0n) is 18.8. The molecule has 3 atom stereocenters. The van der Waals surface area contributed by atoms with Gasteiger partial charge >= 0.3 is 12.1 Å². The van der Waals surface area contributed by atoms with Crippen LogP contribution >= 0.6 is 0 Å². The van der Waals surface area contributed by atoms with E-state index in [4.69, 9.17) is 9.84 Å². The summed E-state index contributed by atoms with van der Waals surface area (Å²) < 4.78 is 5.53. The molecule has 7 nitrogen and oxygen atoms in total. The SMILES string of the molecule is CC(CCNC(=O)OCC1c2ccccc2-c2ccccc21)CC(=O)NCC1CC1C(=O)O. The molecule has 0 aliphatic heterocycles. The molecular weight excluding hydrogens is 420 g/mol. The maximum atomic E-state index is 12.2. The van der Waals surface area contributed by atoms with Gasteiger partial charge in [0.05, 0.1) is 5.92 Å². The zero-order chi connectivity index (χ0) is 23.4. The van der Waals surface area contributed by atoms with E-state index >= 15 is 0 Å². The molecular formula is C26H30N2O5. The van der Waals surface area contributed by atoms with Gasteiger partial charge in [-0.05, 0) is 46.9 Å². The van der Waals surface area contributed by atoms with Gasteiger partial charge in [-0.3, -0.25) is 9.59 Å². The molecule has 7 heteroatoms. The maximum absolute atomic E-state index is 12.2. The predicted molar refractivity (Wildman–Crippen MR) is 124 cm³/mol. The average molecular weight is 451 g/mol. The Balaban J connectivity index is 1.15. The van der Waals surface area contributed by atoms with Gasteiger partial charge in [-0.2, -0.15) is 0 Å². The number of hydrogen-bond donors (Lipinski definition) is 3. The van der Waals surface area contributed by atoms with Crippen LogP contribution in [0.1, 0.15) is 43.2 Å². The van der Waals surface area contributed by atoms with Crippen LogP contribution in [0.4, 0.5) is 4.79 Å². The molecule has 1 fully saturated rings. The predicted octanol–water partition coefficient (Wildman–Crippen LogP) is 3.78. The Labute approximate surface area is 193 Å². The molecule has 2 aromatic rings. The molecule has 0 bridgehead atoms. The third kappa shape index (κ3) is 5.53. The van der Waals surface area contributed by atoms with Gasteiger partial charge in [0, 0.05) is 25.4 Å². The zero-order valence-corrected chi connectivity index (χ0v) is 18.8. The number of hydrogen-bond acceptors (Lipinski definition) is 4. The lowest BCUT2D eigenvalue weighted by Gasteiger charge is -2.15. The van der Waals surface area contributed by atoms with E-state index in [9.17, 15) is 14.4 Å². The average Bonchev–Trinajstić information content (AvgIpc) is 3.52. The van der Waals surface area contributed by atoms with Crippen molar-refractivity contribution >= 4 is 18.0 Å². The van der Waals surface area contributed by atoms with E-state index in [0.29, 0.717) is 32.4 Å². The van der Waals surface area contributed by atoms with Gasteiger partial charge in [-0.15, -0.1) is 0 Å². The van der Waals surface area contributed by atoms with Crippen molar-refractivity contribution in [3.63, 3.8) is 0 Å². The topological polar surface area (TPSA) is 105 Å². The Hall–Kier alpha value is -3.35. The Morgan fingerprint density at radius 1 is 1.03 bits per heavy atom. The molecule has 174 valence electrons. The van der Waals surface area contributed by atoms with Crippen molar-refractivity contribution in [1.82, 2.24) is 10.6 Å². The summed E-state index contributed by atoms with van der Waals surface area (Å²) in [6.07, 6.45) is 1.17. The second kappa shape index (κ2) is 10.1. The van der Waals surface area contributed by atoms with Gasteiger partial charge in [0.15, 0.2) is 0 Å².